The van der Waals surface area contributed by atoms with Gasteiger partial charge in [-0.05, 0) is 37.3 Å². The number of nitrogens with one attached hydrogen (secondary N) is 2. The van der Waals surface area contributed by atoms with Crippen molar-refractivity contribution in [2.45, 2.75) is 41.8 Å². The number of hydrogen-bond acceptors (Lipinski definition) is 6. The van der Waals surface area contributed by atoms with Gasteiger partial charge in [-0.1, -0.05) is 47.4 Å². The molecule has 1 aromatic carbocycles. The smallest absolute Gasteiger partial charge is 0.233 e. The third-order valence-corrected chi connectivity index (χ3v) is 6.08. The molecule has 0 fully saturated rings. The summed E-state index contributed by atoms with van der Waals surface area (Å²) in [7, 11) is 1.81. The van der Waals surface area contributed by atoms with E-state index in [1.54, 1.807) is 0 Å². The molecule has 1 aliphatic rings. The summed E-state index contributed by atoms with van der Waals surface area (Å²) in [6.07, 6.45) is 3.22. The van der Waals surface area contributed by atoms with E-state index in [1.807, 2.05) is 20.0 Å². The van der Waals surface area contributed by atoms with Crippen LogP contribution in [0.5, 0.6) is 0 Å². The monoisotopic (exact) mass is 348 g/mol. The van der Waals surface area contributed by atoms with E-state index in [9.17, 15) is 4.79 Å². The van der Waals surface area contributed by atoms with Crippen LogP contribution in [0.25, 0.3) is 0 Å². The predicted octanol–water partition coefficient (Wildman–Crippen LogP) is 3.25. The van der Waals surface area contributed by atoms with Gasteiger partial charge < -0.3 is 10.6 Å². The number of hydrogen-bond donors (Lipinski definition) is 2. The molecule has 0 radical (unpaired) electrons. The highest BCUT2D eigenvalue weighted by Gasteiger charge is 2.24. The number of carbonyl (C=O) groups is 1. The summed E-state index contributed by atoms with van der Waals surface area (Å²) in [5.74, 6) is 0.0536. The van der Waals surface area contributed by atoms with Crippen LogP contribution in [-0.2, 0) is 11.2 Å². The van der Waals surface area contributed by atoms with Crippen LogP contribution in [0.4, 0.5) is 5.13 Å². The lowest BCUT2D eigenvalue weighted by molar-refractivity contribution is -0.121. The summed E-state index contributed by atoms with van der Waals surface area (Å²) in [4.78, 5) is 12.5. The highest BCUT2D eigenvalue weighted by molar-refractivity contribution is 8.02. The Bertz CT molecular complexity index is 688. The molecule has 23 heavy (non-hydrogen) atoms. The van der Waals surface area contributed by atoms with Crippen molar-refractivity contribution in [2.24, 2.45) is 0 Å². The first-order valence-electron chi connectivity index (χ1n) is 7.73. The number of nitrogens with zero attached hydrogens (tertiary/aromatic N) is 2. The maximum Gasteiger partial charge on any atom is 0.233 e. The molecule has 0 saturated heterocycles. The van der Waals surface area contributed by atoms with Crippen molar-refractivity contribution < 1.29 is 4.79 Å². The first-order chi connectivity index (χ1) is 11.2. The molecule has 0 saturated carbocycles. The zero-order valence-corrected chi connectivity index (χ0v) is 14.8. The Morgan fingerprint density at radius 1 is 1.39 bits per heavy atom. The van der Waals surface area contributed by atoms with Crippen molar-refractivity contribution >= 4 is 34.1 Å². The quantitative estimate of drug-likeness (QED) is 0.812. The highest BCUT2D eigenvalue weighted by atomic mass is 32.2. The van der Waals surface area contributed by atoms with E-state index in [4.69, 9.17) is 0 Å². The SMILES string of the molecule is CNc1nnc(S[C@@H](C)C(=O)N[C@H]2CCCc3ccccc32)s1. The molecule has 0 aliphatic heterocycles. The Balaban J connectivity index is 1.63. The molecule has 0 spiro atoms. The Kier molecular flexibility index (Phi) is 5.17. The second-order valence-corrected chi connectivity index (χ2v) is 8.10. The lowest BCUT2D eigenvalue weighted by Crippen LogP contribution is -2.35. The zero-order valence-electron chi connectivity index (χ0n) is 13.2. The maximum atomic E-state index is 12.5. The van der Waals surface area contributed by atoms with Crippen LogP contribution in [0.3, 0.4) is 0 Å². The molecule has 2 atom stereocenters. The van der Waals surface area contributed by atoms with E-state index >= 15 is 0 Å². The Labute approximate surface area is 144 Å². The van der Waals surface area contributed by atoms with E-state index in [0.717, 1.165) is 28.7 Å². The van der Waals surface area contributed by atoms with E-state index in [1.165, 1.54) is 34.2 Å². The van der Waals surface area contributed by atoms with E-state index < -0.39 is 0 Å². The lowest BCUT2D eigenvalue weighted by atomic mass is 9.88. The van der Waals surface area contributed by atoms with E-state index in [0.29, 0.717) is 0 Å². The molecule has 3 rings (SSSR count). The largest absolute Gasteiger partial charge is 0.363 e. The molecule has 0 unspecified atom stereocenters. The fraction of sp³-hybridized carbons (Fsp3) is 0.438. The van der Waals surface area contributed by atoms with Gasteiger partial charge >= 0.3 is 0 Å². The number of thioether (sulfide) groups is 1. The predicted molar refractivity (Wildman–Crippen MR) is 95.0 cm³/mol. The maximum absolute atomic E-state index is 12.5. The third-order valence-electron chi connectivity index (χ3n) is 3.95. The van der Waals surface area contributed by atoms with Gasteiger partial charge in [0.05, 0.1) is 11.3 Å². The molecule has 122 valence electrons. The van der Waals surface area contributed by atoms with Gasteiger partial charge in [0.2, 0.25) is 11.0 Å². The van der Waals surface area contributed by atoms with Crippen molar-refractivity contribution in [1.82, 2.24) is 15.5 Å². The van der Waals surface area contributed by atoms with Crippen LogP contribution >= 0.6 is 23.1 Å². The van der Waals surface area contributed by atoms with Crippen LogP contribution in [0.15, 0.2) is 28.6 Å². The second-order valence-electron chi connectivity index (χ2n) is 5.54. The molecule has 2 N–H and O–H groups in total. The van der Waals surface area contributed by atoms with Gasteiger partial charge in [0, 0.05) is 7.05 Å². The minimum absolute atomic E-state index is 0.0536. The summed E-state index contributed by atoms with van der Waals surface area (Å²) < 4.78 is 0.807. The van der Waals surface area contributed by atoms with Crippen molar-refractivity contribution in [2.75, 3.05) is 12.4 Å². The summed E-state index contributed by atoms with van der Waals surface area (Å²) >= 11 is 2.91. The summed E-state index contributed by atoms with van der Waals surface area (Å²) in [6, 6.07) is 8.52. The first-order valence-corrected chi connectivity index (χ1v) is 9.43. The van der Waals surface area contributed by atoms with Gasteiger partial charge in [0.25, 0.3) is 0 Å². The second kappa shape index (κ2) is 7.31. The highest BCUT2D eigenvalue weighted by Crippen LogP contribution is 2.32. The van der Waals surface area contributed by atoms with Crippen LogP contribution in [0.1, 0.15) is 36.9 Å². The van der Waals surface area contributed by atoms with E-state index in [2.05, 4.69) is 39.0 Å². The minimum atomic E-state index is -0.193. The molecule has 1 amide bonds. The third kappa shape index (κ3) is 3.84. The van der Waals surface area contributed by atoms with Gasteiger partial charge in [0.1, 0.15) is 0 Å². The van der Waals surface area contributed by atoms with Gasteiger partial charge in [-0.25, -0.2) is 0 Å². The molecule has 5 nitrogen and oxygen atoms in total. The van der Waals surface area contributed by atoms with Gasteiger partial charge in [0.15, 0.2) is 4.34 Å². The number of amides is 1. The number of benzene rings is 1. The summed E-state index contributed by atoms with van der Waals surface area (Å²) in [6.45, 7) is 1.91. The summed E-state index contributed by atoms with van der Waals surface area (Å²) in [5.41, 5.74) is 2.62. The van der Waals surface area contributed by atoms with Gasteiger partial charge in [-0.3, -0.25) is 4.79 Å². The number of fused-ring (bicyclic) bond motifs is 1. The molecule has 7 heteroatoms. The average Bonchev–Trinajstić information content (AvgIpc) is 3.02. The van der Waals surface area contributed by atoms with Gasteiger partial charge in [-0.2, -0.15) is 0 Å². The first kappa shape index (κ1) is 16.3. The molecule has 1 heterocycles. The van der Waals surface area contributed by atoms with Gasteiger partial charge in [-0.15, -0.1) is 10.2 Å². The van der Waals surface area contributed by atoms with Crippen molar-refractivity contribution in [3.05, 3.63) is 35.4 Å². The van der Waals surface area contributed by atoms with Crippen LogP contribution < -0.4 is 10.6 Å². The zero-order chi connectivity index (χ0) is 16.2. The van der Waals surface area contributed by atoms with Crippen molar-refractivity contribution in [1.29, 1.82) is 0 Å². The van der Waals surface area contributed by atoms with Crippen LogP contribution in [0.2, 0.25) is 0 Å². The van der Waals surface area contributed by atoms with Crippen molar-refractivity contribution in [3.63, 3.8) is 0 Å². The Morgan fingerprint density at radius 2 is 2.22 bits per heavy atom. The summed E-state index contributed by atoms with van der Waals surface area (Å²) in [5, 5.41) is 14.8. The topological polar surface area (TPSA) is 66.9 Å². The van der Waals surface area contributed by atoms with Crippen molar-refractivity contribution in [3.8, 4) is 0 Å². The molecular formula is C16H20N4OS2. The number of rotatable bonds is 5. The number of aryl methyl sites for hydroxylation is 1. The number of aromatic nitrogens is 2. The van der Waals surface area contributed by atoms with E-state index in [-0.39, 0.29) is 17.2 Å². The van der Waals surface area contributed by atoms with Crippen LogP contribution in [0, 0.1) is 0 Å². The standard InChI is InChI=1S/C16H20N4OS2/c1-10(22-16-20-19-15(17-2)23-16)14(21)18-13-9-5-7-11-6-3-4-8-12(11)13/h3-4,6,8,10,13H,5,7,9H2,1-2H3,(H,17,19)(H,18,21)/t10-,13-/m0/s1. The normalized spacial score (nSPS) is 18.1. The molecule has 0 bridgehead atoms. The number of carbonyl (C=O) groups excluding carboxylic acids is 1. The number of anilines is 1. The Hall–Kier alpha value is -1.60. The average molecular weight is 348 g/mol. The Morgan fingerprint density at radius 3 is 3.00 bits per heavy atom. The molecule has 2 aromatic rings. The minimum Gasteiger partial charge on any atom is -0.363 e. The fourth-order valence-electron chi connectivity index (χ4n) is 2.76. The fourth-order valence-corrected chi connectivity index (χ4v) is 4.61. The molecule has 1 aliphatic carbocycles. The van der Waals surface area contributed by atoms with Crippen LogP contribution in [-0.4, -0.2) is 28.4 Å². The lowest BCUT2D eigenvalue weighted by Gasteiger charge is -2.27. The molecular weight excluding hydrogens is 328 g/mol. The molecule has 1 aromatic heterocycles.